The van der Waals surface area contributed by atoms with Gasteiger partial charge in [-0.1, -0.05) is 30.3 Å². The molecule has 0 saturated heterocycles. The van der Waals surface area contributed by atoms with Gasteiger partial charge in [0, 0.05) is 12.3 Å². The lowest BCUT2D eigenvalue weighted by Gasteiger charge is -1.97. The van der Waals surface area contributed by atoms with Gasteiger partial charge in [-0.15, -0.1) is 0 Å². The Morgan fingerprint density at radius 1 is 1.36 bits per heavy atom. The van der Waals surface area contributed by atoms with Crippen LogP contribution < -0.4 is 0 Å². The Labute approximate surface area is 73.6 Å². The van der Waals surface area contributed by atoms with E-state index in [1.165, 1.54) is 0 Å². The highest BCUT2D eigenvalue weighted by Crippen LogP contribution is 2.58. The Balaban J connectivity index is 2.21. The Kier molecular flexibility index (Phi) is 1.53. The molecule has 0 radical (unpaired) electrons. The third kappa shape index (κ3) is 1.32. The summed E-state index contributed by atoms with van der Waals surface area (Å²) in [7, 11) is 0. The van der Waals surface area contributed by atoms with E-state index in [2.05, 4.69) is 15.9 Å². The van der Waals surface area contributed by atoms with Crippen LogP contribution in [0.4, 0.5) is 4.39 Å². The molecule has 2 atom stereocenters. The van der Waals surface area contributed by atoms with Crippen molar-refractivity contribution in [3.05, 3.63) is 35.9 Å². The fourth-order valence-electron chi connectivity index (χ4n) is 1.26. The molecule has 11 heavy (non-hydrogen) atoms. The molecule has 0 aliphatic heterocycles. The van der Waals surface area contributed by atoms with E-state index in [-0.39, 0.29) is 5.92 Å². The molecule has 0 N–H and O–H groups in total. The fraction of sp³-hybridized carbons (Fsp3) is 0.333. The molecule has 0 bridgehead atoms. The zero-order valence-electron chi connectivity index (χ0n) is 5.93. The topological polar surface area (TPSA) is 0 Å². The number of alkyl halides is 2. The first-order chi connectivity index (χ1) is 5.20. The van der Waals surface area contributed by atoms with Crippen molar-refractivity contribution in [1.82, 2.24) is 0 Å². The normalized spacial score (nSPS) is 35.3. The molecular weight excluding hydrogens is 207 g/mol. The molecule has 1 aromatic rings. The quantitative estimate of drug-likeness (QED) is 0.631. The number of rotatable bonds is 1. The van der Waals surface area contributed by atoms with Crippen molar-refractivity contribution < 1.29 is 4.39 Å². The third-order valence-electron chi connectivity index (χ3n) is 2.03. The zero-order chi connectivity index (χ0) is 7.90. The van der Waals surface area contributed by atoms with Crippen molar-refractivity contribution in [1.29, 1.82) is 0 Å². The molecule has 0 amide bonds. The lowest BCUT2D eigenvalue weighted by atomic mass is 10.1. The fourth-order valence-corrected chi connectivity index (χ4v) is 1.85. The Bertz CT molecular complexity index is 256. The van der Waals surface area contributed by atoms with Crippen LogP contribution in [-0.2, 0) is 0 Å². The second-order valence-electron chi connectivity index (χ2n) is 2.93. The minimum Gasteiger partial charge on any atom is -0.231 e. The average molecular weight is 215 g/mol. The van der Waals surface area contributed by atoms with Crippen LogP contribution in [0.1, 0.15) is 17.9 Å². The predicted octanol–water partition coefficient (Wildman–Crippen LogP) is 3.23. The molecule has 58 valence electrons. The van der Waals surface area contributed by atoms with E-state index in [0.717, 1.165) is 5.56 Å². The van der Waals surface area contributed by atoms with Gasteiger partial charge in [-0.2, -0.15) is 0 Å². The van der Waals surface area contributed by atoms with E-state index in [0.29, 0.717) is 6.42 Å². The van der Waals surface area contributed by atoms with E-state index in [1.54, 1.807) is 0 Å². The van der Waals surface area contributed by atoms with E-state index >= 15 is 0 Å². The van der Waals surface area contributed by atoms with Gasteiger partial charge in [-0.3, -0.25) is 0 Å². The van der Waals surface area contributed by atoms with Crippen LogP contribution in [0.2, 0.25) is 0 Å². The van der Waals surface area contributed by atoms with Gasteiger partial charge in [0.05, 0.1) is 0 Å². The molecule has 1 aliphatic carbocycles. The summed E-state index contributed by atoms with van der Waals surface area (Å²) in [4.78, 5) is 0. The monoisotopic (exact) mass is 214 g/mol. The van der Waals surface area contributed by atoms with Crippen LogP contribution in [0.5, 0.6) is 0 Å². The molecule has 0 heterocycles. The summed E-state index contributed by atoms with van der Waals surface area (Å²) >= 11 is 3.02. The Hall–Kier alpha value is -0.370. The highest BCUT2D eigenvalue weighted by molar-refractivity contribution is 9.10. The van der Waals surface area contributed by atoms with Gasteiger partial charge in [0.15, 0.2) is 4.58 Å². The molecule has 2 rings (SSSR count). The van der Waals surface area contributed by atoms with Crippen molar-refractivity contribution in [2.75, 3.05) is 0 Å². The summed E-state index contributed by atoms with van der Waals surface area (Å²) in [5.41, 5.74) is 1.09. The van der Waals surface area contributed by atoms with Gasteiger partial charge in [0.1, 0.15) is 0 Å². The minimum atomic E-state index is -1.12. The van der Waals surface area contributed by atoms with E-state index in [4.69, 9.17) is 0 Å². The van der Waals surface area contributed by atoms with Crippen molar-refractivity contribution in [3.8, 4) is 0 Å². The molecule has 0 nitrogen and oxygen atoms in total. The van der Waals surface area contributed by atoms with Gasteiger partial charge >= 0.3 is 0 Å². The van der Waals surface area contributed by atoms with E-state index < -0.39 is 4.58 Å². The molecule has 0 aromatic heterocycles. The standard InChI is InChI=1S/C9H8BrF/c10-9(11)6-8(9)7-4-2-1-3-5-7/h1-5,8H,6H2/t8-,9+/m0/s1. The van der Waals surface area contributed by atoms with E-state index in [9.17, 15) is 4.39 Å². The van der Waals surface area contributed by atoms with Gasteiger partial charge in [-0.05, 0) is 21.5 Å². The third-order valence-corrected chi connectivity index (χ3v) is 2.90. The van der Waals surface area contributed by atoms with Crippen molar-refractivity contribution in [2.45, 2.75) is 16.9 Å². The second-order valence-corrected chi connectivity index (χ2v) is 4.25. The summed E-state index contributed by atoms with van der Waals surface area (Å²) in [5, 5.41) is 0. The summed E-state index contributed by atoms with van der Waals surface area (Å²) < 4.78 is 11.9. The molecule has 1 saturated carbocycles. The van der Waals surface area contributed by atoms with Gasteiger partial charge in [0.2, 0.25) is 0 Å². The molecule has 1 aliphatic rings. The van der Waals surface area contributed by atoms with Crippen molar-refractivity contribution in [2.24, 2.45) is 0 Å². The van der Waals surface area contributed by atoms with Crippen molar-refractivity contribution >= 4 is 15.9 Å². The smallest absolute Gasteiger partial charge is 0.172 e. The zero-order valence-corrected chi connectivity index (χ0v) is 7.51. The first-order valence-corrected chi connectivity index (χ1v) is 4.42. The van der Waals surface area contributed by atoms with Crippen LogP contribution >= 0.6 is 15.9 Å². The number of halogens is 2. The lowest BCUT2D eigenvalue weighted by molar-refractivity contribution is 0.436. The molecular formula is C9H8BrF. The summed E-state index contributed by atoms with van der Waals surface area (Å²) in [6.45, 7) is 0. The minimum absolute atomic E-state index is 0.0729. The predicted molar refractivity (Wildman–Crippen MR) is 46.6 cm³/mol. The maximum Gasteiger partial charge on any atom is 0.172 e. The lowest BCUT2D eigenvalue weighted by Crippen LogP contribution is -1.89. The van der Waals surface area contributed by atoms with Gasteiger partial charge < -0.3 is 0 Å². The molecule has 0 unspecified atom stereocenters. The Morgan fingerprint density at radius 2 is 1.91 bits per heavy atom. The summed E-state index contributed by atoms with van der Waals surface area (Å²) in [6, 6.07) is 9.76. The highest BCUT2D eigenvalue weighted by Gasteiger charge is 2.54. The molecule has 1 aromatic carbocycles. The number of hydrogen-bond donors (Lipinski definition) is 0. The Morgan fingerprint density at radius 3 is 2.36 bits per heavy atom. The number of hydrogen-bond acceptors (Lipinski definition) is 0. The van der Waals surface area contributed by atoms with Crippen LogP contribution in [0.15, 0.2) is 30.3 Å². The SMILES string of the molecule is F[C@]1(Br)C[C@H]1c1ccccc1. The molecule has 1 fully saturated rings. The van der Waals surface area contributed by atoms with Crippen LogP contribution in [-0.4, -0.2) is 4.58 Å². The first-order valence-electron chi connectivity index (χ1n) is 3.63. The highest BCUT2D eigenvalue weighted by atomic mass is 79.9. The van der Waals surface area contributed by atoms with E-state index in [1.807, 2.05) is 30.3 Å². The molecule has 0 spiro atoms. The largest absolute Gasteiger partial charge is 0.231 e. The van der Waals surface area contributed by atoms with Crippen LogP contribution in [0.25, 0.3) is 0 Å². The number of benzene rings is 1. The average Bonchev–Trinajstić information content (AvgIpc) is 2.62. The second kappa shape index (κ2) is 2.31. The van der Waals surface area contributed by atoms with Crippen molar-refractivity contribution in [3.63, 3.8) is 0 Å². The molecule has 2 heteroatoms. The van der Waals surface area contributed by atoms with Crippen LogP contribution in [0.3, 0.4) is 0 Å². The summed E-state index contributed by atoms with van der Waals surface area (Å²) in [6.07, 6.45) is 0.608. The summed E-state index contributed by atoms with van der Waals surface area (Å²) in [5.74, 6) is 0.0729. The maximum absolute atomic E-state index is 13.1. The van der Waals surface area contributed by atoms with Crippen LogP contribution in [0, 0.1) is 0 Å². The maximum atomic E-state index is 13.1. The first kappa shape index (κ1) is 7.29. The van der Waals surface area contributed by atoms with Gasteiger partial charge in [-0.25, -0.2) is 4.39 Å². The van der Waals surface area contributed by atoms with Gasteiger partial charge in [0.25, 0.3) is 0 Å².